The molecule has 3 fully saturated rings. The van der Waals surface area contributed by atoms with Gasteiger partial charge in [-0.05, 0) is 159 Å². The number of para-hydroxylation sites is 1. The third kappa shape index (κ3) is 20.6. The number of carbonyl (C=O) groups excluding carboxylic acids is 5. The number of nitrogens with zero attached hydrogens (tertiary/aromatic N) is 7. The van der Waals surface area contributed by atoms with Crippen molar-refractivity contribution in [2.75, 3.05) is 118 Å². The number of likely N-dealkylation sites (tertiary alicyclic amines) is 2. The minimum Gasteiger partial charge on any atom is -0.446 e. The second-order valence-corrected chi connectivity index (χ2v) is 29.5. The first-order chi connectivity index (χ1) is 49.0. The monoisotopic (exact) mass is 1430 g/mol. The lowest BCUT2D eigenvalue weighted by atomic mass is 9.72. The number of unbranched alkanes of at least 4 members (excludes halogenated alkanes) is 2. The Bertz CT molecular complexity index is 3810. The molecule has 6 aromatic carbocycles. The maximum atomic E-state index is 14.3. The minimum atomic E-state index is -5.15. The second-order valence-electron chi connectivity index (χ2n) is 29.5. The summed E-state index contributed by atoms with van der Waals surface area (Å²) in [5.74, 6) is -1.77. The number of hydrogen-bond acceptors (Lipinski definition) is 11. The van der Waals surface area contributed by atoms with Gasteiger partial charge in [0.25, 0.3) is 11.8 Å². The largest absolute Gasteiger partial charge is 0.446 e. The van der Waals surface area contributed by atoms with E-state index in [-0.39, 0.29) is 61.0 Å². The van der Waals surface area contributed by atoms with Gasteiger partial charge >= 0.3 is 18.4 Å². The number of likely N-dealkylation sites (N-methyl/N-ethyl adjacent to an activating group) is 2. The van der Waals surface area contributed by atoms with Crippen molar-refractivity contribution < 1.29 is 68.9 Å². The maximum Gasteiger partial charge on any atom is 0.416 e. The molecular weight excluding hydrogens is 1330 g/mol. The van der Waals surface area contributed by atoms with Gasteiger partial charge in [0.05, 0.1) is 29.5 Å². The molecule has 0 radical (unpaired) electrons. The van der Waals surface area contributed by atoms with Crippen molar-refractivity contribution in [3.8, 4) is 11.1 Å². The predicted molar refractivity (Wildman–Crippen MR) is 381 cm³/mol. The molecule has 3 saturated heterocycles. The Hall–Kier alpha value is -8.22. The van der Waals surface area contributed by atoms with E-state index in [0.29, 0.717) is 100 Å². The molecule has 3 heterocycles. The molecule has 2 atom stereocenters. The number of ether oxygens (including phenoxy) is 3. The fraction of sp³-hybridized carbons (Fsp3) is 0.487. The van der Waals surface area contributed by atoms with Gasteiger partial charge in [0.15, 0.2) is 0 Å². The normalized spacial score (nSPS) is 18.1. The molecule has 3 aliphatic heterocycles. The van der Waals surface area contributed by atoms with Crippen LogP contribution in [0.15, 0.2) is 146 Å². The standard InChI is InChI=1S/C80H97F7N8O8/c1-76(2,3)54-94(40-16-8-11-24-71(96)90(5)46-47-92-41-33-66(34-42-92)103-75(100)88-69-23-15-13-21-67(69)58-18-9-7-10-19-58)52-57-25-27-59(28-26-57)73(98)91(6)39-17-38-89(4)72(97)53-101-70-50-60-20-12-14-22-68(60)77(70)35-43-93(44-36-77)45-37-78(62-29-31-65(81)32-30-62)55-95(56-102-78)74(99)61-48-63(79(82,83)84)51-64(49-61)80(85,86)87/h7,9-10,12-15,18-23,25-32,48-49,51,66,70H,8,11,16-17,24,33-47,50,52-56H2,1-6H3,(H,88,100)/t70-,78-/m0/s1. The number of benzene rings is 6. The third-order valence-corrected chi connectivity index (χ3v) is 20.7. The van der Waals surface area contributed by atoms with E-state index in [1.165, 1.54) is 29.8 Å². The molecule has 103 heavy (non-hydrogen) atoms. The van der Waals surface area contributed by atoms with E-state index in [9.17, 15) is 54.7 Å². The molecule has 0 bridgehead atoms. The smallest absolute Gasteiger partial charge is 0.416 e. The average Bonchev–Trinajstić information content (AvgIpc) is 1.62. The van der Waals surface area contributed by atoms with Crippen molar-refractivity contribution in [2.45, 2.75) is 134 Å². The van der Waals surface area contributed by atoms with Gasteiger partial charge in [0.1, 0.15) is 30.9 Å². The zero-order valence-corrected chi connectivity index (χ0v) is 59.9. The van der Waals surface area contributed by atoms with Crippen LogP contribution in [0.2, 0.25) is 0 Å². The van der Waals surface area contributed by atoms with Crippen LogP contribution < -0.4 is 5.32 Å². The summed E-state index contributed by atoms with van der Waals surface area (Å²) in [6.07, 6.45) is -3.85. The summed E-state index contributed by atoms with van der Waals surface area (Å²) in [6.45, 7) is 13.8. The molecule has 1 N–H and O–H groups in total. The molecule has 4 aliphatic rings. The van der Waals surface area contributed by atoms with Gasteiger partial charge in [0.2, 0.25) is 11.8 Å². The SMILES string of the molecule is CN(CCN1CCC(OC(=O)Nc2ccccc2-c2ccccc2)CC1)C(=O)CCCCCN(Cc1ccc(C(=O)N(C)CCCN(C)C(=O)CO[C@H]2Cc3ccccc3C23CCN(CC[C@@]2(c4ccc(F)cc4)CN(C(=O)c4cc(C(F)(F)F)cc(C(F)(F)F)c4)CO2)CC3)cc1)CC(C)(C)C. The molecule has 0 aromatic heterocycles. The maximum absolute atomic E-state index is 14.3. The Balaban J connectivity index is 0.625. The first-order valence-corrected chi connectivity index (χ1v) is 35.8. The molecule has 0 saturated carbocycles. The molecule has 6 aromatic rings. The summed E-state index contributed by atoms with van der Waals surface area (Å²) < 4.78 is 116. The van der Waals surface area contributed by atoms with Crippen molar-refractivity contribution in [3.05, 3.63) is 196 Å². The van der Waals surface area contributed by atoms with Crippen LogP contribution in [0.1, 0.15) is 139 Å². The first-order valence-electron chi connectivity index (χ1n) is 35.8. The molecule has 16 nitrogen and oxygen atoms in total. The minimum absolute atomic E-state index is 0.0260. The lowest BCUT2D eigenvalue weighted by Gasteiger charge is -2.44. The zero-order valence-electron chi connectivity index (χ0n) is 59.9. The number of amides is 5. The third-order valence-electron chi connectivity index (χ3n) is 20.7. The number of carbonyl (C=O) groups is 5. The number of piperidine rings is 2. The van der Waals surface area contributed by atoms with E-state index < -0.39 is 64.6 Å². The van der Waals surface area contributed by atoms with Crippen LogP contribution in [0.25, 0.3) is 11.1 Å². The number of fused-ring (bicyclic) bond motifs is 2. The van der Waals surface area contributed by atoms with E-state index in [0.717, 1.165) is 98.5 Å². The first kappa shape index (κ1) is 77.4. The molecule has 10 rings (SSSR count). The molecule has 1 spiro atoms. The van der Waals surface area contributed by atoms with Crippen molar-refractivity contribution in [1.29, 1.82) is 0 Å². The van der Waals surface area contributed by atoms with Crippen LogP contribution in [0, 0.1) is 11.2 Å². The lowest BCUT2D eigenvalue weighted by molar-refractivity contribution is -0.143. The number of alkyl halides is 6. The average molecular weight is 1430 g/mol. The van der Waals surface area contributed by atoms with Gasteiger partial charge in [-0.3, -0.25) is 29.4 Å². The highest BCUT2D eigenvalue weighted by molar-refractivity contribution is 5.95. The van der Waals surface area contributed by atoms with Crippen LogP contribution >= 0.6 is 0 Å². The molecule has 5 amide bonds. The van der Waals surface area contributed by atoms with Crippen molar-refractivity contribution >= 4 is 35.4 Å². The Labute approximate surface area is 600 Å². The lowest BCUT2D eigenvalue weighted by Crippen LogP contribution is -2.50. The summed E-state index contributed by atoms with van der Waals surface area (Å²) in [5.41, 5.74) is 1.50. The quantitative estimate of drug-likeness (QED) is 0.0370. The molecule has 554 valence electrons. The Morgan fingerprint density at radius 1 is 0.641 bits per heavy atom. The Kier molecular flexibility index (Phi) is 25.7. The number of nitrogens with one attached hydrogen (secondary N) is 1. The van der Waals surface area contributed by atoms with Crippen LogP contribution in [0.5, 0.6) is 0 Å². The fourth-order valence-corrected chi connectivity index (χ4v) is 14.9. The van der Waals surface area contributed by atoms with Gasteiger partial charge in [-0.15, -0.1) is 0 Å². The summed E-state index contributed by atoms with van der Waals surface area (Å²) in [7, 11) is 5.37. The fourth-order valence-electron chi connectivity index (χ4n) is 14.9. The van der Waals surface area contributed by atoms with Crippen molar-refractivity contribution in [1.82, 2.24) is 34.3 Å². The van der Waals surface area contributed by atoms with Gasteiger partial charge in [-0.2, -0.15) is 26.3 Å². The van der Waals surface area contributed by atoms with Crippen molar-refractivity contribution in [3.63, 3.8) is 0 Å². The predicted octanol–water partition coefficient (Wildman–Crippen LogP) is 14.4. The van der Waals surface area contributed by atoms with Gasteiger partial charge < -0.3 is 43.6 Å². The number of halogens is 7. The van der Waals surface area contributed by atoms with Crippen LogP contribution in [-0.4, -0.2) is 189 Å². The number of anilines is 1. The van der Waals surface area contributed by atoms with E-state index in [1.54, 1.807) is 23.9 Å². The van der Waals surface area contributed by atoms with E-state index >= 15 is 0 Å². The molecule has 0 unspecified atom stereocenters. The summed E-state index contributed by atoms with van der Waals surface area (Å²) in [4.78, 5) is 80.6. The Morgan fingerprint density at radius 3 is 1.95 bits per heavy atom. The highest BCUT2D eigenvalue weighted by Gasteiger charge is 2.50. The molecule has 1 aliphatic carbocycles. The van der Waals surface area contributed by atoms with Gasteiger partial charge in [-0.25, -0.2) is 9.18 Å². The molecular formula is C80H97F7N8O8. The van der Waals surface area contributed by atoms with E-state index in [2.05, 4.69) is 52.9 Å². The van der Waals surface area contributed by atoms with Gasteiger partial charge in [0, 0.05) is 109 Å². The van der Waals surface area contributed by atoms with E-state index in [4.69, 9.17) is 14.2 Å². The van der Waals surface area contributed by atoms with E-state index in [1.807, 2.05) is 103 Å². The van der Waals surface area contributed by atoms with Crippen molar-refractivity contribution in [2.24, 2.45) is 5.41 Å². The van der Waals surface area contributed by atoms with Crippen LogP contribution in [0.3, 0.4) is 0 Å². The highest BCUT2D eigenvalue weighted by Crippen LogP contribution is 2.49. The second kappa shape index (κ2) is 34.1. The summed E-state index contributed by atoms with van der Waals surface area (Å²) in [6, 6.07) is 39.8. The summed E-state index contributed by atoms with van der Waals surface area (Å²) >= 11 is 0. The number of rotatable bonds is 28. The summed E-state index contributed by atoms with van der Waals surface area (Å²) in [5, 5.41) is 2.94. The Morgan fingerprint density at radius 2 is 1.27 bits per heavy atom. The zero-order chi connectivity index (χ0) is 73.7. The van der Waals surface area contributed by atoms with Gasteiger partial charge in [-0.1, -0.05) is 124 Å². The van der Waals surface area contributed by atoms with Crippen LogP contribution in [0.4, 0.5) is 41.2 Å². The topological polar surface area (TPSA) is 148 Å². The highest BCUT2D eigenvalue weighted by atomic mass is 19.4. The number of hydrogen-bond donors (Lipinski definition) is 1. The van der Waals surface area contributed by atoms with Crippen LogP contribution in [-0.2, 0) is 60.1 Å². The molecule has 23 heteroatoms.